The zero-order chi connectivity index (χ0) is 21.6. The monoisotopic (exact) mass is 447 g/mol. The molecule has 0 aliphatic heterocycles. The third-order valence-corrected chi connectivity index (χ3v) is 6.45. The highest BCUT2D eigenvalue weighted by atomic mass is 32.2. The van der Waals surface area contributed by atoms with E-state index in [0.717, 1.165) is 27.5 Å². The Kier molecular flexibility index (Phi) is 6.59. The summed E-state index contributed by atoms with van der Waals surface area (Å²) in [5, 5.41) is 15.5. The van der Waals surface area contributed by atoms with Gasteiger partial charge in [-0.2, -0.15) is 5.10 Å². The number of hydrogen-bond donors (Lipinski definition) is 1. The molecule has 0 spiro atoms. The second-order valence-corrected chi connectivity index (χ2v) is 8.78. The van der Waals surface area contributed by atoms with Crippen molar-refractivity contribution in [2.24, 2.45) is 5.10 Å². The fourth-order valence-corrected chi connectivity index (χ4v) is 4.44. The van der Waals surface area contributed by atoms with E-state index in [9.17, 15) is 4.79 Å². The lowest BCUT2D eigenvalue weighted by molar-refractivity contribution is -0.118. The summed E-state index contributed by atoms with van der Waals surface area (Å²) < 4.78 is 1.97. The fourth-order valence-electron chi connectivity index (χ4n) is 2.90. The minimum absolute atomic E-state index is 0.180. The maximum atomic E-state index is 12.3. The molecule has 0 saturated heterocycles. The average Bonchev–Trinajstić information content (AvgIpc) is 3.39. The highest BCUT2D eigenvalue weighted by Crippen LogP contribution is 2.28. The van der Waals surface area contributed by atoms with Crippen LogP contribution in [-0.2, 0) is 4.79 Å². The number of nitrogens with one attached hydrogen (secondary N) is 1. The highest BCUT2D eigenvalue weighted by molar-refractivity contribution is 7.99. The van der Waals surface area contributed by atoms with Crippen molar-refractivity contribution >= 4 is 35.2 Å². The van der Waals surface area contributed by atoms with Crippen LogP contribution in [0, 0.1) is 13.8 Å². The molecule has 2 heterocycles. The summed E-state index contributed by atoms with van der Waals surface area (Å²) in [7, 11) is 0. The molecule has 2 aromatic heterocycles. The molecule has 4 rings (SSSR count). The lowest BCUT2D eigenvalue weighted by atomic mass is 10.1. The van der Waals surface area contributed by atoms with Gasteiger partial charge in [0.2, 0.25) is 0 Å². The molecular formula is C23H21N5OS2. The molecule has 1 N–H and O–H groups in total. The minimum Gasteiger partial charge on any atom is -0.272 e. The molecule has 1 amide bonds. The Bertz CT molecular complexity index is 1200. The lowest BCUT2D eigenvalue weighted by Gasteiger charge is -2.10. The van der Waals surface area contributed by atoms with E-state index in [4.69, 9.17) is 0 Å². The fraction of sp³-hybridized carbons (Fsp3) is 0.130. The van der Waals surface area contributed by atoms with Gasteiger partial charge >= 0.3 is 0 Å². The van der Waals surface area contributed by atoms with Gasteiger partial charge in [-0.25, -0.2) is 5.43 Å². The maximum absolute atomic E-state index is 12.3. The number of hydrogen-bond acceptors (Lipinski definition) is 6. The van der Waals surface area contributed by atoms with E-state index in [1.807, 2.05) is 84.5 Å². The second kappa shape index (κ2) is 9.72. The molecule has 0 aliphatic rings. The lowest BCUT2D eigenvalue weighted by Crippen LogP contribution is -2.20. The van der Waals surface area contributed by atoms with E-state index in [1.54, 1.807) is 17.6 Å². The molecule has 0 fully saturated rings. The van der Waals surface area contributed by atoms with E-state index in [2.05, 4.69) is 20.7 Å². The van der Waals surface area contributed by atoms with Gasteiger partial charge in [0.1, 0.15) is 0 Å². The van der Waals surface area contributed by atoms with E-state index < -0.39 is 0 Å². The van der Waals surface area contributed by atoms with Gasteiger partial charge in [0.15, 0.2) is 11.0 Å². The van der Waals surface area contributed by atoms with Gasteiger partial charge in [0.25, 0.3) is 5.91 Å². The third-order valence-electron chi connectivity index (χ3n) is 4.56. The first-order valence-corrected chi connectivity index (χ1v) is 11.5. The van der Waals surface area contributed by atoms with Gasteiger partial charge in [-0.3, -0.25) is 9.36 Å². The van der Waals surface area contributed by atoms with Crippen LogP contribution in [-0.4, -0.2) is 32.6 Å². The van der Waals surface area contributed by atoms with Gasteiger partial charge in [-0.1, -0.05) is 59.8 Å². The van der Waals surface area contributed by atoms with Gasteiger partial charge < -0.3 is 0 Å². The highest BCUT2D eigenvalue weighted by Gasteiger charge is 2.17. The van der Waals surface area contributed by atoms with Crippen LogP contribution in [0.25, 0.3) is 17.1 Å². The molecule has 8 heteroatoms. The Balaban J connectivity index is 1.51. The standard InChI is InChI=1S/C23H21N5OS2/c1-16-8-10-18(11-9-16)22-26-27-23(28(22)19-6-4-3-5-7-19)31-15-21(29)25-24-14-20-17(2)12-13-30-20/h3-14H,15H2,1-2H3,(H,25,29)/b24-14+. The van der Waals surface area contributed by atoms with Crippen molar-refractivity contribution < 1.29 is 4.79 Å². The number of amides is 1. The smallest absolute Gasteiger partial charge is 0.250 e. The van der Waals surface area contributed by atoms with Crippen molar-refractivity contribution in [1.82, 2.24) is 20.2 Å². The second-order valence-electron chi connectivity index (χ2n) is 6.89. The van der Waals surface area contributed by atoms with E-state index in [-0.39, 0.29) is 11.7 Å². The van der Waals surface area contributed by atoms with Crippen molar-refractivity contribution in [2.75, 3.05) is 5.75 Å². The maximum Gasteiger partial charge on any atom is 0.250 e. The van der Waals surface area contributed by atoms with Gasteiger partial charge in [0, 0.05) is 16.1 Å². The Morgan fingerprint density at radius 3 is 2.58 bits per heavy atom. The number of rotatable bonds is 7. The summed E-state index contributed by atoms with van der Waals surface area (Å²) in [4.78, 5) is 13.3. The van der Waals surface area contributed by atoms with Crippen LogP contribution in [0.5, 0.6) is 0 Å². The summed E-state index contributed by atoms with van der Waals surface area (Å²) in [5.74, 6) is 0.717. The predicted molar refractivity (Wildman–Crippen MR) is 127 cm³/mol. The Morgan fingerprint density at radius 2 is 1.87 bits per heavy atom. The molecule has 4 aromatic rings. The van der Waals surface area contributed by atoms with E-state index >= 15 is 0 Å². The Morgan fingerprint density at radius 1 is 1.10 bits per heavy atom. The van der Waals surface area contributed by atoms with Gasteiger partial charge in [0.05, 0.1) is 12.0 Å². The molecule has 0 unspecified atom stereocenters. The Labute approximate surface area is 189 Å². The molecule has 0 atom stereocenters. The molecule has 156 valence electrons. The summed E-state index contributed by atoms with van der Waals surface area (Å²) in [6, 6.07) is 20.1. The number of thiophene rings is 1. The van der Waals surface area contributed by atoms with Crippen LogP contribution in [0.2, 0.25) is 0 Å². The van der Waals surface area contributed by atoms with Crippen molar-refractivity contribution in [3.8, 4) is 17.1 Å². The normalized spacial score (nSPS) is 11.2. The number of carbonyl (C=O) groups excluding carboxylic acids is 1. The number of hydrazone groups is 1. The molecule has 0 aliphatic carbocycles. The summed E-state index contributed by atoms with van der Waals surface area (Å²) in [6.45, 7) is 4.06. The molecular weight excluding hydrogens is 426 g/mol. The van der Waals surface area contributed by atoms with Crippen LogP contribution in [0.15, 0.2) is 76.3 Å². The number of aryl methyl sites for hydroxylation is 2. The minimum atomic E-state index is -0.199. The van der Waals surface area contributed by atoms with Crippen molar-refractivity contribution in [3.05, 3.63) is 82.0 Å². The van der Waals surface area contributed by atoms with Crippen LogP contribution in [0.4, 0.5) is 0 Å². The first-order chi connectivity index (χ1) is 15.1. The zero-order valence-corrected chi connectivity index (χ0v) is 18.8. The van der Waals surface area contributed by atoms with E-state index in [0.29, 0.717) is 5.16 Å². The first-order valence-electron chi connectivity index (χ1n) is 9.68. The number of carbonyl (C=O) groups is 1. The number of nitrogens with zero attached hydrogens (tertiary/aromatic N) is 4. The van der Waals surface area contributed by atoms with Crippen LogP contribution >= 0.6 is 23.1 Å². The average molecular weight is 448 g/mol. The summed E-state index contributed by atoms with van der Waals surface area (Å²) in [6.07, 6.45) is 1.67. The largest absolute Gasteiger partial charge is 0.272 e. The van der Waals surface area contributed by atoms with Crippen LogP contribution in [0.1, 0.15) is 16.0 Å². The quantitative estimate of drug-likeness (QED) is 0.250. The van der Waals surface area contributed by atoms with Crippen LogP contribution in [0.3, 0.4) is 0 Å². The zero-order valence-electron chi connectivity index (χ0n) is 17.1. The summed E-state index contributed by atoms with van der Waals surface area (Å²) >= 11 is 2.91. The van der Waals surface area contributed by atoms with Crippen molar-refractivity contribution in [1.29, 1.82) is 0 Å². The number of para-hydroxylation sites is 1. The van der Waals surface area contributed by atoms with Gasteiger partial charge in [-0.15, -0.1) is 21.5 Å². The molecule has 0 saturated carbocycles. The van der Waals surface area contributed by atoms with Gasteiger partial charge in [-0.05, 0) is 43.0 Å². The molecule has 0 radical (unpaired) electrons. The predicted octanol–water partition coefficient (Wildman–Crippen LogP) is 4.86. The number of thioether (sulfide) groups is 1. The van der Waals surface area contributed by atoms with Crippen LogP contribution < -0.4 is 5.43 Å². The molecule has 6 nitrogen and oxygen atoms in total. The number of aromatic nitrogens is 3. The Hall–Kier alpha value is -3.23. The number of benzene rings is 2. The molecule has 2 aromatic carbocycles. The summed E-state index contributed by atoms with van der Waals surface area (Å²) in [5.41, 5.74) is 6.81. The molecule has 31 heavy (non-hydrogen) atoms. The molecule has 0 bridgehead atoms. The first kappa shape index (κ1) is 21.0. The van der Waals surface area contributed by atoms with E-state index in [1.165, 1.54) is 17.3 Å². The third kappa shape index (κ3) is 5.10. The van der Waals surface area contributed by atoms with Crippen molar-refractivity contribution in [2.45, 2.75) is 19.0 Å². The SMILES string of the molecule is Cc1ccc(-c2nnc(SCC(=O)N/N=C/c3sccc3C)n2-c2ccccc2)cc1. The topological polar surface area (TPSA) is 72.2 Å². The van der Waals surface area contributed by atoms with Crippen molar-refractivity contribution in [3.63, 3.8) is 0 Å².